The first-order chi connectivity index (χ1) is 13.0. The maximum atomic E-state index is 8.69. The van der Waals surface area contributed by atoms with Crippen LogP contribution in [0.4, 0.5) is 5.82 Å². The maximum Gasteiger partial charge on any atom is 0.223 e. The number of fused-ring (bicyclic) bond motifs is 1. The van der Waals surface area contributed by atoms with Crippen molar-refractivity contribution in [3.8, 4) is 0 Å². The van der Waals surface area contributed by atoms with Crippen molar-refractivity contribution in [2.45, 2.75) is 0 Å². The molecule has 0 unspecified atom stereocenters. The number of ether oxygens (including phenoxy) is 1. The molecule has 27 heavy (non-hydrogen) atoms. The molecule has 0 bridgehead atoms. The highest BCUT2D eigenvalue weighted by atomic mass is 16.5. The Morgan fingerprint density at radius 1 is 1.11 bits per heavy atom. The van der Waals surface area contributed by atoms with Crippen LogP contribution in [0.1, 0.15) is 16.7 Å². The second-order valence-electron chi connectivity index (χ2n) is 5.49. The molecule has 6 N–H and O–H groups in total. The lowest BCUT2D eigenvalue weighted by Gasteiger charge is -2.12. The molecule has 3 aromatic rings. The average molecular weight is 363 g/mol. The SMILES string of the molecule is CNc1ncc(C(=N)OC(=N)c2ccc(/C(N)=N/O)cc2)c2cccnc12. The first-order valence-corrected chi connectivity index (χ1v) is 7.90. The third-order valence-corrected chi connectivity index (χ3v) is 3.88. The topological polar surface area (TPSA) is 153 Å². The Kier molecular flexibility index (Phi) is 4.93. The van der Waals surface area contributed by atoms with Crippen molar-refractivity contribution in [3.05, 3.63) is 65.5 Å². The lowest BCUT2D eigenvalue weighted by molar-refractivity contribution is 0.318. The monoisotopic (exact) mass is 363 g/mol. The van der Waals surface area contributed by atoms with E-state index >= 15 is 0 Å². The van der Waals surface area contributed by atoms with Gasteiger partial charge < -0.3 is 21.0 Å². The van der Waals surface area contributed by atoms with Gasteiger partial charge in [-0.25, -0.2) is 4.98 Å². The van der Waals surface area contributed by atoms with Crippen molar-refractivity contribution in [2.24, 2.45) is 10.9 Å². The molecule has 2 aromatic heterocycles. The summed E-state index contributed by atoms with van der Waals surface area (Å²) in [5.74, 6) is 0.141. The van der Waals surface area contributed by atoms with Gasteiger partial charge in [-0.2, -0.15) is 0 Å². The summed E-state index contributed by atoms with van der Waals surface area (Å²) in [5.41, 5.74) is 7.50. The van der Waals surface area contributed by atoms with Crippen LogP contribution < -0.4 is 11.1 Å². The Balaban J connectivity index is 1.85. The van der Waals surface area contributed by atoms with Gasteiger partial charge in [0.05, 0.1) is 5.56 Å². The van der Waals surface area contributed by atoms with E-state index in [1.165, 1.54) is 6.20 Å². The standard InChI is InChI=1S/C18H17N7O2/c1-22-18-14-12(3-2-8-23-14)13(9-24-18)17(21)27-16(20)11-6-4-10(5-7-11)15(19)25-26/h2-9,20-21,26H,1H3,(H2,19,25)(H,22,24). The van der Waals surface area contributed by atoms with Crippen LogP contribution in [0.15, 0.2) is 53.9 Å². The summed E-state index contributed by atoms with van der Waals surface area (Å²) in [6, 6.07) is 9.93. The van der Waals surface area contributed by atoms with Gasteiger partial charge in [0.2, 0.25) is 11.8 Å². The van der Waals surface area contributed by atoms with Gasteiger partial charge in [0.15, 0.2) is 11.7 Å². The van der Waals surface area contributed by atoms with Crippen LogP contribution in [-0.4, -0.2) is 39.9 Å². The number of anilines is 1. The zero-order valence-corrected chi connectivity index (χ0v) is 14.4. The van der Waals surface area contributed by atoms with Crippen molar-refractivity contribution in [2.75, 3.05) is 12.4 Å². The number of amidine groups is 1. The fraction of sp³-hybridized carbons (Fsp3) is 0.0556. The predicted molar refractivity (Wildman–Crippen MR) is 103 cm³/mol. The van der Waals surface area contributed by atoms with E-state index in [4.69, 9.17) is 26.5 Å². The zero-order chi connectivity index (χ0) is 19.4. The number of hydrogen-bond donors (Lipinski definition) is 5. The van der Waals surface area contributed by atoms with E-state index in [1.54, 1.807) is 43.6 Å². The second-order valence-corrected chi connectivity index (χ2v) is 5.49. The number of oxime groups is 1. The number of aromatic nitrogens is 2. The van der Waals surface area contributed by atoms with Crippen LogP contribution in [0.3, 0.4) is 0 Å². The van der Waals surface area contributed by atoms with Crippen LogP contribution in [0.2, 0.25) is 0 Å². The highest BCUT2D eigenvalue weighted by molar-refractivity contribution is 6.11. The van der Waals surface area contributed by atoms with E-state index in [0.717, 1.165) is 0 Å². The molecular weight excluding hydrogens is 346 g/mol. The quantitative estimate of drug-likeness (QED) is 0.207. The first kappa shape index (κ1) is 17.8. The minimum Gasteiger partial charge on any atom is -0.421 e. The summed E-state index contributed by atoms with van der Waals surface area (Å²) in [4.78, 5) is 8.54. The van der Waals surface area contributed by atoms with Gasteiger partial charge in [-0.15, -0.1) is 0 Å². The third kappa shape index (κ3) is 3.52. The van der Waals surface area contributed by atoms with Crippen molar-refractivity contribution in [1.82, 2.24) is 9.97 Å². The number of hydrogen-bond acceptors (Lipinski definition) is 8. The fourth-order valence-electron chi connectivity index (χ4n) is 2.50. The van der Waals surface area contributed by atoms with Crippen LogP contribution >= 0.6 is 0 Å². The number of rotatable bonds is 4. The first-order valence-electron chi connectivity index (χ1n) is 7.90. The van der Waals surface area contributed by atoms with Gasteiger partial charge in [-0.05, 0) is 18.2 Å². The maximum absolute atomic E-state index is 8.69. The molecule has 0 saturated heterocycles. The van der Waals surface area contributed by atoms with Gasteiger partial charge in [-0.3, -0.25) is 15.8 Å². The summed E-state index contributed by atoms with van der Waals surface area (Å²) in [6.07, 6.45) is 3.15. The normalized spacial score (nSPS) is 11.2. The molecule has 0 saturated carbocycles. The Morgan fingerprint density at radius 2 is 1.81 bits per heavy atom. The Labute approximate surface area is 154 Å². The van der Waals surface area contributed by atoms with Gasteiger partial charge in [0, 0.05) is 36.0 Å². The molecule has 0 spiro atoms. The number of nitrogens with one attached hydrogen (secondary N) is 3. The molecule has 3 rings (SSSR count). The molecule has 0 aliphatic heterocycles. The summed E-state index contributed by atoms with van der Waals surface area (Å²) < 4.78 is 5.40. The summed E-state index contributed by atoms with van der Waals surface area (Å²) in [7, 11) is 1.74. The Hall–Kier alpha value is -4.01. The number of nitrogens with zero attached hydrogens (tertiary/aromatic N) is 3. The van der Waals surface area contributed by atoms with Gasteiger partial charge in [0.25, 0.3) is 0 Å². The summed E-state index contributed by atoms with van der Waals surface area (Å²) in [5, 5.41) is 31.6. The summed E-state index contributed by atoms with van der Waals surface area (Å²) >= 11 is 0. The van der Waals surface area contributed by atoms with Crippen molar-refractivity contribution >= 4 is 34.4 Å². The van der Waals surface area contributed by atoms with E-state index in [9.17, 15) is 0 Å². The smallest absolute Gasteiger partial charge is 0.223 e. The fourth-order valence-corrected chi connectivity index (χ4v) is 2.50. The van der Waals surface area contributed by atoms with Gasteiger partial charge in [-0.1, -0.05) is 23.4 Å². The number of pyridine rings is 2. The molecule has 0 aliphatic rings. The molecule has 2 heterocycles. The van der Waals surface area contributed by atoms with E-state index in [-0.39, 0.29) is 17.6 Å². The average Bonchev–Trinajstić information content (AvgIpc) is 2.72. The second kappa shape index (κ2) is 7.48. The molecule has 1 aromatic carbocycles. The Bertz CT molecular complexity index is 1050. The minimum absolute atomic E-state index is 0.0311. The lowest BCUT2D eigenvalue weighted by Crippen LogP contribution is -2.15. The van der Waals surface area contributed by atoms with E-state index < -0.39 is 0 Å². The summed E-state index contributed by atoms with van der Waals surface area (Å²) in [6.45, 7) is 0. The Morgan fingerprint density at radius 3 is 2.48 bits per heavy atom. The molecule has 0 amide bonds. The number of nitrogens with two attached hydrogens (primary N) is 1. The highest BCUT2D eigenvalue weighted by Gasteiger charge is 2.15. The molecule has 9 heteroatoms. The van der Waals surface area contributed by atoms with Crippen LogP contribution in [0.5, 0.6) is 0 Å². The third-order valence-electron chi connectivity index (χ3n) is 3.88. The molecule has 136 valence electrons. The van der Waals surface area contributed by atoms with Crippen molar-refractivity contribution in [3.63, 3.8) is 0 Å². The molecule has 0 radical (unpaired) electrons. The molecule has 0 aliphatic carbocycles. The van der Waals surface area contributed by atoms with E-state index in [2.05, 4.69) is 20.4 Å². The predicted octanol–water partition coefficient (Wildman–Crippen LogP) is 2.13. The van der Waals surface area contributed by atoms with Gasteiger partial charge in [0.1, 0.15) is 5.52 Å². The minimum atomic E-state index is -0.214. The largest absolute Gasteiger partial charge is 0.421 e. The number of benzene rings is 1. The van der Waals surface area contributed by atoms with Crippen LogP contribution in [-0.2, 0) is 4.74 Å². The van der Waals surface area contributed by atoms with E-state index in [1.807, 2.05) is 6.07 Å². The van der Waals surface area contributed by atoms with Gasteiger partial charge >= 0.3 is 0 Å². The van der Waals surface area contributed by atoms with Crippen LogP contribution in [0.25, 0.3) is 10.9 Å². The van der Waals surface area contributed by atoms with Crippen molar-refractivity contribution in [1.29, 1.82) is 10.8 Å². The van der Waals surface area contributed by atoms with Crippen molar-refractivity contribution < 1.29 is 9.94 Å². The lowest BCUT2D eigenvalue weighted by atomic mass is 10.1. The molecule has 0 fully saturated rings. The zero-order valence-electron chi connectivity index (χ0n) is 14.4. The molecule has 9 nitrogen and oxygen atoms in total. The molecular formula is C18H17N7O2. The highest BCUT2D eigenvalue weighted by Crippen LogP contribution is 2.22. The van der Waals surface area contributed by atoms with Crippen LogP contribution in [0, 0.1) is 10.8 Å². The molecule has 0 atom stereocenters. The van der Waals surface area contributed by atoms with E-state index in [0.29, 0.717) is 33.4 Å².